The second-order valence-electron chi connectivity index (χ2n) is 4.39. The number of aliphatic carboxylic acids is 1. The molecule has 2 unspecified atom stereocenters. The maximum atomic E-state index is 13.2. The fourth-order valence-electron chi connectivity index (χ4n) is 1.94. The second kappa shape index (κ2) is 5.23. The van der Waals surface area contributed by atoms with E-state index in [9.17, 15) is 9.18 Å². The Bertz CT molecular complexity index is 411. The van der Waals surface area contributed by atoms with Crippen molar-refractivity contribution in [3.63, 3.8) is 0 Å². The average Bonchev–Trinajstić information content (AvgIpc) is 2.26. The first-order valence-corrected chi connectivity index (χ1v) is 5.48. The van der Waals surface area contributed by atoms with Crippen molar-refractivity contribution >= 4 is 5.97 Å². The molecule has 5 heteroatoms. The van der Waals surface area contributed by atoms with Gasteiger partial charge < -0.3 is 10.8 Å². The van der Waals surface area contributed by atoms with E-state index in [0.717, 1.165) is 6.20 Å². The summed E-state index contributed by atoms with van der Waals surface area (Å²) >= 11 is 0. The van der Waals surface area contributed by atoms with E-state index in [4.69, 9.17) is 10.8 Å². The molecule has 0 radical (unpaired) electrons. The maximum absolute atomic E-state index is 13.2. The lowest BCUT2D eigenvalue weighted by Crippen LogP contribution is -2.44. The summed E-state index contributed by atoms with van der Waals surface area (Å²) in [5.41, 5.74) is 5.68. The first-order valence-electron chi connectivity index (χ1n) is 5.48. The molecule has 0 amide bonds. The van der Waals surface area contributed by atoms with Crippen molar-refractivity contribution in [2.24, 2.45) is 5.73 Å². The number of nitrogens with two attached hydrogens (primary N) is 1. The highest BCUT2D eigenvalue weighted by molar-refractivity contribution is 5.69. The third kappa shape index (κ3) is 3.00. The molecule has 1 rings (SSSR count). The largest absolute Gasteiger partial charge is 0.481 e. The zero-order chi connectivity index (χ0) is 13.1. The van der Waals surface area contributed by atoms with Crippen molar-refractivity contribution in [2.75, 3.05) is 0 Å². The summed E-state index contributed by atoms with van der Waals surface area (Å²) in [5, 5.41) is 8.95. The van der Waals surface area contributed by atoms with Gasteiger partial charge >= 0.3 is 5.97 Å². The van der Waals surface area contributed by atoms with E-state index >= 15 is 0 Å². The third-order valence-electron chi connectivity index (χ3n) is 3.14. The van der Waals surface area contributed by atoms with Crippen LogP contribution in [0, 0.1) is 5.82 Å². The minimum Gasteiger partial charge on any atom is -0.481 e. The third-order valence-corrected chi connectivity index (χ3v) is 3.14. The predicted octanol–water partition coefficient (Wildman–Crippen LogP) is 1.69. The minimum absolute atomic E-state index is 0.146. The molecule has 0 aromatic carbocycles. The summed E-state index contributed by atoms with van der Waals surface area (Å²) in [6.07, 6.45) is 3.02. The van der Waals surface area contributed by atoms with Gasteiger partial charge in [0, 0.05) is 17.7 Å². The lowest BCUT2D eigenvalue weighted by atomic mass is 9.73. The molecule has 0 saturated heterocycles. The highest BCUT2D eigenvalue weighted by atomic mass is 19.1. The van der Waals surface area contributed by atoms with Gasteiger partial charge in [0.05, 0.1) is 12.6 Å². The van der Waals surface area contributed by atoms with Gasteiger partial charge in [-0.3, -0.25) is 9.78 Å². The normalized spacial score (nSPS) is 16.2. The Morgan fingerprint density at radius 1 is 1.65 bits per heavy atom. The summed E-state index contributed by atoms with van der Waals surface area (Å²) in [4.78, 5) is 14.7. The number of aromatic nitrogens is 1. The number of carbonyl (C=O) groups is 1. The van der Waals surface area contributed by atoms with Gasteiger partial charge in [-0.05, 0) is 18.1 Å². The Labute approximate surface area is 99.7 Å². The fraction of sp³-hybridized carbons (Fsp3) is 0.500. The summed E-state index contributed by atoms with van der Waals surface area (Å²) in [6, 6.07) is 0.938. The number of pyridine rings is 1. The van der Waals surface area contributed by atoms with E-state index in [0.29, 0.717) is 12.0 Å². The summed E-state index contributed by atoms with van der Waals surface area (Å²) in [7, 11) is 0. The van der Waals surface area contributed by atoms with E-state index in [1.165, 1.54) is 12.3 Å². The van der Waals surface area contributed by atoms with Crippen molar-refractivity contribution < 1.29 is 14.3 Å². The number of nitrogens with zero attached hydrogens (tertiary/aromatic N) is 1. The number of carboxylic acid groups (broad SMARTS) is 1. The maximum Gasteiger partial charge on any atom is 0.304 e. The molecule has 4 nitrogen and oxygen atoms in total. The van der Waals surface area contributed by atoms with E-state index in [1.54, 1.807) is 6.92 Å². The van der Waals surface area contributed by atoms with Crippen molar-refractivity contribution in [3.05, 3.63) is 29.8 Å². The Balaban J connectivity index is 3.18. The zero-order valence-corrected chi connectivity index (χ0v) is 9.98. The van der Waals surface area contributed by atoms with Crippen LogP contribution in [0.4, 0.5) is 4.39 Å². The van der Waals surface area contributed by atoms with E-state index in [-0.39, 0.29) is 12.5 Å². The number of carboxylic acids is 1. The molecular weight excluding hydrogens is 223 g/mol. The molecule has 17 heavy (non-hydrogen) atoms. The SMILES string of the molecule is CCC(N)C(C)(CC(=O)O)c1cncc(F)c1. The molecule has 3 N–H and O–H groups in total. The van der Waals surface area contributed by atoms with E-state index in [2.05, 4.69) is 4.98 Å². The first-order chi connectivity index (χ1) is 7.90. The van der Waals surface area contributed by atoms with E-state index in [1.807, 2.05) is 6.92 Å². The number of rotatable bonds is 5. The molecule has 0 aliphatic rings. The van der Waals surface area contributed by atoms with Gasteiger partial charge in [-0.2, -0.15) is 0 Å². The highest BCUT2D eigenvalue weighted by Crippen LogP contribution is 2.31. The molecule has 0 aliphatic heterocycles. The van der Waals surface area contributed by atoms with Crippen LogP contribution in [-0.2, 0) is 10.2 Å². The first kappa shape index (κ1) is 13.6. The van der Waals surface area contributed by atoms with Gasteiger partial charge in [-0.1, -0.05) is 13.8 Å². The monoisotopic (exact) mass is 240 g/mol. The minimum atomic E-state index is -0.958. The van der Waals surface area contributed by atoms with Gasteiger partial charge in [0.1, 0.15) is 5.82 Å². The van der Waals surface area contributed by atoms with Gasteiger partial charge in [0.2, 0.25) is 0 Å². The topological polar surface area (TPSA) is 76.2 Å². The summed E-state index contributed by atoms with van der Waals surface area (Å²) in [6.45, 7) is 3.60. The molecular formula is C12H17FN2O2. The Morgan fingerprint density at radius 3 is 2.76 bits per heavy atom. The van der Waals surface area contributed by atoms with Gasteiger partial charge in [-0.15, -0.1) is 0 Å². The van der Waals surface area contributed by atoms with Crippen LogP contribution in [-0.4, -0.2) is 22.1 Å². The summed E-state index contributed by atoms with van der Waals surface area (Å²) < 4.78 is 13.2. The second-order valence-corrected chi connectivity index (χ2v) is 4.39. The summed E-state index contributed by atoms with van der Waals surface area (Å²) in [5.74, 6) is -1.44. The van der Waals surface area contributed by atoms with Gasteiger partial charge in [0.15, 0.2) is 0 Å². The van der Waals surface area contributed by atoms with Gasteiger partial charge in [-0.25, -0.2) is 4.39 Å². The van der Waals surface area contributed by atoms with Crippen molar-refractivity contribution in [3.8, 4) is 0 Å². The lowest BCUT2D eigenvalue weighted by Gasteiger charge is -2.34. The van der Waals surface area contributed by atoms with Gasteiger partial charge in [0.25, 0.3) is 0 Å². The van der Waals surface area contributed by atoms with Crippen LogP contribution in [0.1, 0.15) is 32.3 Å². The predicted molar refractivity (Wildman–Crippen MR) is 62.1 cm³/mol. The van der Waals surface area contributed by atoms with Crippen LogP contribution in [0.15, 0.2) is 18.5 Å². The smallest absolute Gasteiger partial charge is 0.304 e. The zero-order valence-electron chi connectivity index (χ0n) is 9.98. The average molecular weight is 240 g/mol. The molecule has 2 atom stereocenters. The van der Waals surface area contributed by atoms with Crippen LogP contribution in [0.3, 0.4) is 0 Å². The number of halogens is 1. The Hall–Kier alpha value is -1.49. The van der Waals surface area contributed by atoms with Crippen LogP contribution in [0.5, 0.6) is 0 Å². The molecule has 0 fully saturated rings. The van der Waals surface area contributed by atoms with Crippen LogP contribution < -0.4 is 5.73 Å². The quantitative estimate of drug-likeness (QED) is 0.821. The molecule has 1 heterocycles. The molecule has 1 aromatic rings. The molecule has 0 bridgehead atoms. The van der Waals surface area contributed by atoms with Crippen molar-refractivity contribution in [1.82, 2.24) is 4.98 Å². The molecule has 0 saturated carbocycles. The molecule has 0 aliphatic carbocycles. The molecule has 1 aromatic heterocycles. The number of hydrogen-bond acceptors (Lipinski definition) is 3. The fourth-order valence-corrected chi connectivity index (χ4v) is 1.94. The highest BCUT2D eigenvalue weighted by Gasteiger charge is 2.35. The Kier molecular flexibility index (Phi) is 4.17. The Morgan fingerprint density at radius 2 is 2.29 bits per heavy atom. The van der Waals surface area contributed by atoms with Crippen LogP contribution in [0.25, 0.3) is 0 Å². The van der Waals surface area contributed by atoms with Crippen LogP contribution in [0.2, 0.25) is 0 Å². The molecule has 0 spiro atoms. The van der Waals surface area contributed by atoms with E-state index < -0.39 is 17.2 Å². The lowest BCUT2D eigenvalue weighted by molar-refractivity contribution is -0.138. The van der Waals surface area contributed by atoms with Crippen LogP contribution >= 0.6 is 0 Å². The number of hydrogen-bond donors (Lipinski definition) is 2. The van der Waals surface area contributed by atoms with Crippen molar-refractivity contribution in [1.29, 1.82) is 0 Å². The van der Waals surface area contributed by atoms with Crippen molar-refractivity contribution in [2.45, 2.75) is 38.1 Å². The standard InChI is InChI=1S/C12H17FN2O2/c1-3-10(14)12(2,5-11(16)17)8-4-9(13)7-15-6-8/h4,6-7,10H,3,5,14H2,1-2H3,(H,16,17). The molecule has 94 valence electrons.